The Hall–Kier alpha value is -1.36. The second-order valence-electron chi connectivity index (χ2n) is 5.81. The molecule has 1 amide bonds. The van der Waals surface area contributed by atoms with Crippen LogP contribution < -0.4 is 11.1 Å². The van der Waals surface area contributed by atoms with Crippen molar-refractivity contribution in [1.29, 1.82) is 0 Å². The molecule has 2 unspecified atom stereocenters. The number of rotatable bonds is 6. The van der Waals surface area contributed by atoms with E-state index in [1.54, 1.807) is 12.5 Å². The van der Waals surface area contributed by atoms with E-state index < -0.39 is 0 Å². The summed E-state index contributed by atoms with van der Waals surface area (Å²) in [6.07, 6.45) is 3.42. The predicted octanol–water partition coefficient (Wildman–Crippen LogP) is 1.87. The monoisotopic (exact) mass is 266 g/mol. The molecule has 5 heteroatoms. The van der Waals surface area contributed by atoms with Gasteiger partial charge < -0.3 is 15.6 Å². The number of nitrogens with one attached hydrogen (secondary N) is 1. The minimum atomic E-state index is -0.291. The Morgan fingerprint density at radius 1 is 1.37 bits per heavy atom. The number of aromatic nitrogens is 2. The van der Waals surface area contributed by atoms with Crippen LogP contribution in [0.1, 0.15) is 52.4 Å². The number of nitrogens with two attached hydrogens (primary N) is 1. The number of carbonyl (C=O) groups is 1. The zero-order valence-corrected chi connectivity index (χ0v) is 12.6. The van der Waals surface area contributed by atoms with Crippen LogP contribution in [-0.4, -0.2) is 22.0 Å². The van der Waals surface area contributed by atoms with Crippen molar-refractivity contribution in [3.05, 3.63) is 18.2 Å². The molecule has 1 aromatic heterocycles. The second kappa shape index (κ2) is 6.70. The first-order valence-electron chi connectivity index (χ1n) is 6.89. The highest BCUT2D eigenvalue weighted by Crippen LogP contribution is 2.21. The lowest BCUT2D eigenvalue weighted by atomic mass is 10.0. The van der Waals surface area contributed by atoms with Gasteiger partial charge in [-0.25, -0.2) is 4.98 Å². The fraction of sp³-hybridized carbons (Fsp3) is 0.714. The molecule has 0 bridgehead atoms. The third kappa shape index (κ3) is 4.06. The van der Waals surface area contributed by atoms with Gasteiger partial charge in [-0.1, -0.05) is 27.7 Å². The summed E-state index contributed by atoms with van der Waals surface area (Å²) in [7, 11) is 0. The van der Waals surface area contributed by atoms with Gasteiger partial charge in [-0.3, -0.25) is 4.79 Å². The van der Waals surface area contributed by atoms with Crippen LogP contribution in [0.4, 0.5) is 0 Å². The van der Waals surface area contributed by atoms with Crippen LogP contribution in [0.15, 0.2) is 12.5 Å². The van der Waals surface area contributed by atoms with Crippen LogP contribution in [-0.2, 0) is 4.79 Å². The molecule has 1 heterocycles. The minimum Gasteiger partial charge on any atom is -0.354 e. The lowest BCUT2D eigenvalue weighted by Crippen LogP contribution is -2.34. The molecule has 0 aliphatic heterocycles. The molecule has 0 aliphatic rings. The summed E-state index contributed by atoms with van der Waals surface area (Å²) >= 11 is 0. The van der Waals surface area contributed by atoms with E-state index in [0.717, 1.165) is 5.69 Å². The fourth-order valence-corrected chi connectivity index (χ4v) is 1.82. The van der Waals surface area contributed by atoms with E-state index in [9.17, 15) is 4.79 Å². The molecule has 2 atom stereocenters. The van der Waals surface area contributed by atoms with Crippen molar-refractivity contribution in [2.24, 2.45) is 17.6 Å². The third-order valence-corrected chi connectivity index (χ3v) is 3.24. The average Bonchev–Trinajstić information content (AvgIpc) is 2.82. The number of hydrogen-bond donors (Lipinski definition) is 2. The largest absolute Gasteiger partial charge is 0.354 e. The summed E-state index contributed by atoms with van der Waals surface area (Å²) in [4.78, 5) is 16.2. The molecule has 108 valence electrons. The molecule has 0 aliphatic carbocycles. The Labute approximate surface area is 115 Å². The maximum atomic E-state index is 12.1. The van der Waals surface area contributed by atoms with Gasteiger partial charge in [0.2, 0.25) is 5.91 Å². The van der Waals surface area contributed by atoms with Gasteiger partial charge in [0.1, 0.15) is 6.04 Å². The van der Waals surface area contributed by atoms with E-state index in [0.29, 0.717) is 18.4 Å². The Balaban J connectivity index is 2.80. The molecule has 0 fully saturated rings. The predicted molar refractivity (Wildman–Crippen MR) is 76.6 cm³/mol. The van der Waals surface area contributed by atoms with Crippen LogP contribution in [0.5, 0.6) is 0 Å². The molecular weight excluding hydrogens is 240 g/mol. The standard InChI is InChI=1S/C14H26N4O/c1-9(2)6-17-14(19)11(5)18-8-16-7-12(18)13(15)10(3)4/h7-11,13H,6,15H2,1-5H3,(H,17,19). The van der Waals surface area contributed by atoms with E-state index in [2.05, 4.69) is 38.0 Å². The lowest BCUT2D eigenvalue weighted by molar-refractivity contribution is -0.124. The van der Waals surface area contributed by atoms with Gasteiger partial charge in [-0.05, 0) is 18.8 Å². The summed E-state index contributed by atoms with van der Waals surface area (Å²) in [5, 5.41) is 2.94. The number of amides is 1. The first kappa shape index (κ1) is 15.7. The number of hydrogen-bond acceptors (Lipinski definition) is 3. The van der Waals surface area contributed by atoms with Crippen LogP contribution >= 0.6 is 0 Å². The van der Waals surface area contributed by atoms with Gasteiger partial charge in [-0.15, -0.1) is 0 Å². The van der Waals surface area contributed by atoms with Crippen molar-refractivity contribution in [2.45, 2.75) is 46.7 Å². The summed E-state index contributed by atoms with van der Waals surface area (Å²) in [6.45, 7) is 10.8. The minimum absolute atomic E-state index is 0.00362. The smallest absolute Gasteiger partial charge is 0.242 e. The fourth-order valence-electron chi connectivity index (χ4n) is 1.82. The summed E-state index contributed by atoms with van der Waals surface area (Å²) in [6, 6.07) is -0.399. The summed E-state index contributed by atoms with van der Waals surface area (Å²) in [5.74, 6) is 0.751. The zero-order chi connectivity index (χ0) is 14.6. The van der Waals surface area contributed by atoms with Crippen LogP contribution in [0.25, 0.3) is 0 Å². The highest BCUT2D eigenvalue weighted by molar-refractivity contribution is 5.79. The maximum Gasteiger partial charge on any atom is 0.242 e. The van der Waals surface area contributed by atoms with E-state index in [1.165, 1.54) is 0 Å². The van der Waals surface area contributed by atoms with Gasteiger partial charge in [0.05, 0.1) is 12.0 Å². The Kier molecular flexibility index (Phi) is 5.54. The van der Waals surface area contributed by atoms with E-state index in [4.69, 9.17) is 5.73 Å². The van der Waals surface area contributed by atoms with Crippen molar-refractivity contribution in [3.63, 3.8) is 0 Å². The van der Waals surface area contributed by atoms with E-state index in [-0.39, 0.29) is 18.0 Å². The Bertz CT molecular complexity index is 411. The van der Waals surface area contributed by atoms with Crippen molar-refractivity contribution in [1.82, 2.24) is 14.9 Å². The highest BCUT2D eigenvalue weighted by atomic mass is 16.2. The molecular formula is C14H26N4O. The molecule has 19 heavy (non-hydrogen) atoms. The van der Waals surface area contributed by atoms with Crippen molar-refractivity contribution >= 4 is 5.91 Å². The van der Waals surface area contributed by atoms with Gasteiger partial charge in [0.25, 0.3) is 0 Å². The quantitative estimate of drug-likeness (QED) is 0.825. The lowest BCUT2D eigenvalue weighted by Gasteiger charge is -2.22. The zero-order valence-electron chi connectivity index (χ0n) is 12.6. The van der Waals surface area contributed by atoms with E-state index in [1.807, 2.05) is 11.5 Å². The molecule has 0 radical (unpaired) electrons. The maximum absolute atomic E-state index is 12.1. The number of nitrogens with zero attached hydrogens (tertiary/aromatic N) is 2. The summed E-state index contributed by atoms with van der Waals surface area (Å²) in [5.41, 5.74) is 7.06. The Morgan fingerprint density at radius 3 is 2.53 bits per heavy atom. The SMILES string of the molecule is CC(C)CNC(=O)C(C)n1cncc1C(N)C(C)C. The number of carbonyl (C=O) groups excluding carboxylic acids is 1. The molecule has 0 spiro atoms. The molecule has 1 rings (SSSR count). The van der Waals surface area contributed by atoms with Gasteiger partial charge in [0.15, 0.2) is 0 Å². The normalized spacial score (nSPS) is 14.7. The molecule has 3 N–H and O–H groups in total. The van der Waals surface area contributed by atoms with Gasteiger partial charge in [-0.2, -0.15) is 0 Å². The van der Waals surface area contributed by atoms with Crippen LogP contribution in [0.3, 0.4) is 0 Å². The molecule has 1 aromatic rings. The van der Waals surface area contributed by atoms with Crippen LogP contribution in [0.2, 0.25) is 0 Å². The molecule has 5 nitrogen and oxygen atoms in total. The second-order valence-corrected chi connectivity index (χ2v) is 5.81. The first-order chi connectivity index (χ1) is 8.84. The average molecular weight is 266 g/mol. The Morgan fingerprint density at radius 2 is 2.00 bits per heavy atom. The van der Waals surface area contributed by atoms with Crippen LogP contribution in [0, 0.1) is 11.8 Å². The van der Waals surface area contributed by atoms with E-state index >= 15 is 0 Å². The van der Waals surface area contributed by atoms with Gasteiger partial charge >= 0.3 is 0 Å². The molecule has 0 aromatic carbocycles. The van der Waals surface area contributed by atoms with Gasteiger partial charge in [0, 0.05) is 18.8 Å². The van der Waals surface area contributed by atoms with Crippen molar-refractivity contribution in [2.75, 3.05) is 6.54 Å². The third-order valence-electron chi connectivity index (χ3n) is 3.24. The van der Waals surface area contributed by atoms with Crippen molar-refractivity contribution < 1.29 is 4.79 Å². The topological polar surface area (TPSA) is 72.9 Å². The first-order valence-corrected chi connectivity index (χ1v) is 6.89. The van der Waals surface area contributed by atoms with Crippen molar-refractivity contribution in [3.8, 4) is 0 Å². The summed E-state index contributed by atoms with van der Waals surface area (Å²) < 4.78 is 1.86. The highest BCUT2D eigenvalue weighted by Gasteiger charge is 2.21. The molecule has 0 saturated carbocycles. The number of imidazole rings is 1. The molecule has 0 saturated heterocycles.